The number of nitrogens with zero attached hydrogens (tertiary/aromatic N) is 2. The van der Waals surface area contributed by atoms with Crippen molar-refractivity contribution >= 4 is 16.8 Å². The number of carbonyl (C=O) groups is 1. The average Bonchev–Trinajstić information content (AvgIpc) is 2.88. The van der Waals surface area contributed by atoms with Gasteiger partial charge in [-0.2, -0.15) is 5.10 Å². The first kappa shape index (κ1) is 14.3. The molecule has 0 saturated heterocycles. The van der Waals surface area contributed by atoms with Gasteiger partial charge >= 0.3 is 0 Å². The van der Waals surface area contributed by atoms with Crippen molar-refractivity contribution in [3.8, 4) is 0 Å². The van der Waals surface area contributed by atoms with Crippen molar-refractivity contribution in [1.82, 2.24) is 20.5 Å². The van der Waals surface area contributed by atoms with Gasteiger partial charge in [-0.15, -0.1) is 0 Å². The highest BCUT2D eigenvalue weighted by molar-refractivity contribution is 5.98. The molecule has 2 N–H and O–H groups in total. The Morgan fingerprint density at radius 3 is 2.82 bits per heavy atom. The maximum absolute atomic E-state index is 12.5. The second-order valence-corrected chi connectivity index (χ2v) is 5.90. The van der Waals surface area contributed by atoms with E-state index in [4.69, 9.17) is 0 Å². The zero-order chi connectivity index (χ0) is 15.7. The predicted octanol–water partition coefficient (Wildman–Crippen LogP) is 2.93. The number of aromatic amines is 1. The molecule has 0 bridgehead atoms. The van der Waals surface area contributed by atoms with Crippen LogP contribution in [0, 0.1) is 6.92 Å². The van der Waals surface area contributed by atoms with Crippen molar-refractivity contribution in [2.45, 2.75) is 26.3 Å². The van der Waals surface area contributed by atoms with Crippen LogP contribution >= 0.6 is 0 Å². The molecule has 0 saturated carbocycles. The fourth-order valence-corrected chi connectivity index (χ4v) is 2.45. The molecule has 3 aromatic rings. The minimum atomic E-state index is -0.498. The number of hydrogen-bond acceptors (Lipinski definition) is 3. The van der Waals surface area contributed by atoms with E-state index < -0.39 is 5.54 Å². The predicted molar refractivity (Wildman–Crippen MR) is 85.6 cm³/mol. The number of nitrogens with one attached hydrogen (secondary N) is 2. The van der Waals surface area contributed by atoms with Gasteiger partial charge in [0.05, 0.1) is 11.1 Å². The third-order valence-corrected chi connectivity index (χ3v) is 3.82. The number of pyridine rings is 1. The molecule has 0 fully saturated rings. The first-order chi connectivity index (χ1) is 10.5. The van der Waals surface area contributed by atoms with Gasteiger partial charge in [-0.3, -0.25) is 14.9 Å². The summed E-state index contributed by atoms with van der Waals surface area (Å²) in [5.41, 5.74) is 2.85. The van der Waals surface area contributed by atoms with Crippen molar-refractivity contribution in [3.05, 3.63) is 59.5 Å². The topological polar surface area (TPSA) is 70.7 Å². The fourth-order valence-electron chi connectivity index (χ4n) is 2.45. The minimum Gasteiger partial charge on any atom is -0.343 e. The first-order valence-corrected chi connectivity index (χ1v) is 7.15. The molecule has 3 rings (SSSR count). The number of aromatic nitrogens is 3. The van der Waals surface area contributed by atoms with E-state index in [1.807, 2.05) is 45.0 Å². The van der Waals surface area contributed by atoms with Gasteiger partial charge in [-0.05, 0) is 44.5 Å². The maximum atomic E-state index is 12.5. The lowest BCUT2D eigenvalue weighted by molar-refractivity contribution is 0.0912. The largest absolute Gasteiger partial charge is 0.343 e. The van der Waals surface area contributed by atoms with Crippen LogP contribution in [-0.4, -0.2) is 21.1 Å². The first-order valence-electron chi connectivity index (χ1n) is 7.15. The number of hydrogen-bond donors (Lipinski definition) is 2. The minimum absolute atomic E-state index is 0.128. The third kappa shape index (κ3) is 2.57. The lowest BCUT2D eigenvalue weighted by atomic mass is 9.95. The summed E-state index contributed by atoms with van der Waals surface area (Å²) in [4.78, 5) is 16.6. The molecule has 5 nitrogen and oxygen atoms in total. The number of carbonyl (C=O) groups excluding carboxylic acids is 1. The van der Waals surface area contributed by atoms with Gasteiger partial charge < -0.3 is 5.32 Å². The normalized spacial score (nSPS) is 11.6. The van der Waals surface area contributed by atoms with E-state index in [0.717, 1.165) is 22.2 Å². The number of fused-ring (bicyclic) bond motifs is 1. The van der Waals surface area contributed by atoms with E-state index in [1.54, 1.807) is 18.5 Å². The molecular formula is C17H18N4O. The molecule has 22 heavy (non-hydrogen) atoms. The van der Waals surface area contributed by atoms with Crippen molar-refractivity contribution in [3.63, 3.8) is 0 Å². The van der Waals surface area contributed by atoms with Crippen LogP contribution in [0.4, 0.5) is 0 Å². The second kappa shape index (κ2) is 5.26. The molecule has 2 heterocycles. The Balaban J connectivity index is 1.86. The monoisotopic (exact) mass is 294 g/mol. The summed E-state index contributed by atoms with van der Waals surface area (Å²) in [6.07, 6.45) is 3.48. The fraction of sp³-hybridized carbons (Fsp3) is 0.235. The second-order valence-electron chi connectivity index (χ2n) is 5.90. The Morgan fingerprint density at radius 1 is 1.27 bits per heavy atom. The van der Waals surface area contributed by atoms with Gasteiger partial charge in [0.25, 0.3) is 5.91 Å². The summed E-state index contributed by atoms with van der Waals surface area (Å²) < 4.78 is 0. The number of amides is 1. The number of H-pyrrole nitrogens is 1. The quantitative estimate of drug-likeness (QED) is 0.780. The molecule has 5 heteroatoms. The molecule has 1 amide bonds. The lowest BCUT2D eigenvalue weighted by Gasteiger charge is -2.26. The zero-order valence-corrected chi connectivity index (χ0v) is 12.8. The summed E-state index contributed by atoms with van der Waals surface area (Å²) in [6, 6.07) is 9.35. The molecule has 112 valence electrons. The van der Waals surface area contributed by atoms with Crippen LogP contribution in [0.15, 0.2) is 42.7 Å². The highest BCUT2D eigenvalue weighted by atomic mass is 16.1. The maximum Gasteiger partial charge on any atom is 0.252 e. The molecule has 0 aliphatic heterocycles. The standard InChI is InChI=1S/C17H18N4O/c1-11-14-7-6-12(9-15(14)21-20-11)16(22)19-17(2,3)13-5-4-8-18-10-13/h4-10H,1-3H3,(H,19,22)(H,20,21). The number of benzene rings is 1. The lowest BCUT2D eigenvalue weighted by Crippen LogP contribution is -2.41. The SMILES string of the molecule is Cc1[nH]nc2cc(C(=O)NC(C)(C)c3cccnc3)ccc12. The number of aryl methyl sites for hydroxylation is 1. The van der Waals surface area contributed by atoms with Crippen LogP contribution in [0.2, 0.25) is 0 Å². The van der Waals surface area contributed by atoms with E-state index in [2.05, 4.69) is 20.5 Å². The molecule has 0 spiro atoms. The van der Waals surface area contributed by atoms with E-state index in [9.17, 15) is 4.79 Å². The average molecular weight is 294 g/mol. The van der Waals surface area contributed by atoms with Gasteiger partial charge in [-0.1, -0.05) is 12.1 Å². The van der Waals surface area contributed by atoms with Crippen molar-refractivity contribution in [2.24, 2.45) is 0 Å². The molecule has 0 unspecified atom stereocenters. The van der Waals surface area contributed by atoms with Crippen LogP contribution in [-0.2, 0) is 5.54 Å². The highest BCUT2D eigenvalue weighted by Crippen LogP contribution is 2.21. The van der Waals surface area contributed by atoms with Gasteiger partial charge in [0.1, 0.15) is 0 Å². The molecule has 1 aromatic carbocycles. The smallest absolute Gasteiger partial charge is 0.252 e. The Morgan fingerprint density at radius 2 is 2.09 bits per heavy atom. The van der Waals surface area contributed by atoms with E-state index >= 15 is 0 Å². The van der Waals surface area contributed by atoms with E-state index in [-0.39, 0.29) is 5.91 Å². The Kier molecular flexibility index (Phi) is 3.41. The van der Waals surface area contributed by atoms with Gasteiger partial charge in [-0.25, -0.2) is 0 Å². The number of rotatable bonds is 3. The molecular weight excluding hydrogens is 276 g/mol. The molecule has 0 radical (unpaired) electrons. The summed E-state index contributed by atoms with van der Waals surface area (Å²) >= 11 is 0. The summed E-state index contributed by atoms with van der Waals surface area (Å²) in [5.74, 6) is -0.128. The van der Waals surface area contributed by atoms with Crippen molar-refractivity contribution < 1.29 is 4.79 Å². The summed E-state index contributed by atoms with van der Waals surface area (Å²) in [6.45, 7) is 5.87. The van der Waals surface area contributed by atoms with Gasteiger partial charge in [0.15, 0.2) is 0 Å². The van der Waals surface area contributed by atoms with Crippen molar-refractivity contribution in [2.75, 3.05) is 0 Å². The van der Waals surface area contributed by atoms with Crippen LogP contribution in [0.5, 0.6) is 0 Å². The Bertz CT molecular complexity index is 821. The van der Waals surface area contributed by atoms with Crippen LogP contribution in [0.3, 0.4) is 0 Å². The Labute approximate surface area is 128 Å². The van der Waals surface area contributed by atoms with Crippen LogP contribution in [0.1, 0.15) is 35.5 Å². The summed E-state index contributed by atoms with van der Waals surface area (Å²) in [5, 5.41) is 11.2. The van der Waals surface area contributed by atoms with Gasteiger partial charge in [0, 0.05) is 29.0 Å². The molecule has 0 aliphatic rings. The Hall–Kier alpha value is -2.69. The van der Waals surface area contributed by atoms with E-state index in [1.165, 1.54) is 0 Å². The van der Waals surface area contributed by atoms with Crippen LogP contribution in [0.25, 0.3) is 10.9 Å². The third-order valence-electron chi connectivity index (χ3n) is 3.82. The molecule has 0 atom stereocenters. The molecule has 0 aliphatic carbocycles. The summed E-state index contributed by atoms with van der Waals surface area (Å²) in [7, 11) is 0. The van der Waals surface area contributed by atoms with Crippen molar-refractivity contribution in [1.29, 1.82) is 0 Å². The van der Waals surface area contributed by atoms with Gasteiger partial charge in [0.2, 0.25) is 0 Å². The molecule has 2 aromatic heterocycles. The van der Waals surface area contributed by atoms with E-state index in [0.29, 0.717) is 5.56 Å². The zero-order valence-electron chi connectivity index (χ0n) is 12.8. The highest BCUT2D eigenvalue weighted by Gasteiger charge is 2.23. The van der Waals surface area contributed by atoms with Crippen LogP contribution < -0.4 is 5.32 Å².